The van der Waals surface area contributed by atoms with Crippen LogP contribution in [-0.2, 0) is 4.79 Å². The third kappa shape index (κ3) is 2.53. The van der Waals surface area contributed by atoms with Gasteiger partial charge in [0.15, 0.2) is 6.61 Å². The van der Waals surface area contributed by atoms with E-state index in [1.807, 2.05) is 31.2 Å². The summed E-state index contributed by atoms with van der Waals surface area (Å²) in [5, 5.41) is 3.75. The fraction of sp³-hybridized carbons (Fsp3) is 0.632. The maximum atomic E-state index is 12.8. The van der Waals surface area contributed by atoms with Crippen molar-refractivity contribution < 1.29 is 9.53 Å². The Morgan fingerprint density at radius 3 is 2.91 bits per heavy atom. The highest BCUT2D eigenvalue weighted by molar-refractivity contribution is 5.78. The van der Waals surface area contributed by atoms with Gasteiger partial charge in [0.2, 0.25) is 0 Å². The van der Waals surface area contributed by atoms with Gasteiger partial charge in [-0.1, -0.05) is 24.6 Å². The maximum absolute atomic E-state index is 12.8. The third-order valence-corrected chi connectivity index (χ3v) is 6.15. The van der Waals surface area contributed by atoms with E-state index < -0.39 is 0 Å². The molecule has 1 N–H and O–H groups in total. The highest BCUT2D eigenvalue weighted by Crippen LogP contribution is 2.49. The second-order valence-electron chi connectivity index (χ2n) is 7.72. The number of hydrogen-bond donors (Lipinski definition) is 1. The van der Waals surface area contributed by atoms with E-state index in [4.69, 9.17) is 4.74 Å². The minimum atomic E-state index is 0.135. The summed E-state index contributed by atoms with van der Waals surface area (Å²) in [5.74, 6) is 0.908. The Morgan fingerprint density at radius 1 is 1.35 bits per heavy atom. The van der Waals surface area contributed by atoms with E-state index in [9.17, 15) is 4.79 Å². The Hall–Kier alpha value is -1.55. The van der Waals surface area contributed by atoms with Gasteiger partial charge in [-0.3, -0.25) is 4.79 Å². The van der Waals surface area contributed by atoms with Crippen LogP contribution < -0.4 is 10.1 Å². The van der Waals surface area contributed by atoms with Crippen molar-refractivity contribution in [3.8, 4) is 5.75 Å². The molecule has 2 bridgehead atoms. The number of nitrogens with one attached hydrogen (secondary N) is 1. The van der Waals surface area contributed by atoms with Crippen molar-refractivity contribution in [2.45, 2.75) is 57.7 Å². The van der Waals surface area contributed by atoms with Crippen LogP contribution in [0.1, 0.15) is 38.2 Å². The van der Waals surface area contributed by atoms with Crippen LogP contribution in [0.3, 0.4) is 0 Å². The summed E-state index contributed by atoms with van der Waals surface area (Å²) >= 11 is 0. The van der Waals surface area contributed by atoms with Crippen LogP contribution in [0.5, 0.6) is 5.75 Å². The second-order valence-corrected chi connectivity index (χ2v) is 7.72. The lowest BCUT2D eigenvalue weighted by Gasteiger charge is -2.50. The molecule has 4 heteroatoms. The third-order valence-electron chi connectivity index (χ3n) is 6.15. The minimum Gasteiger partial charge on any atom is -0.484 e. The molecule has 0 unspecified atom stereocenters. The van der Waals surface area contributed by atoms with Crippen LogP contribution in [-0.4, -0.2) is 42.1 Å². The van der Waals surface area contributed by atoms with E-state index in [2.05, 4.69) is 17.1 Å². The number of rotatable bonds is 3. The zero-order valence-electron chi connectivity index (χ0n) is 14.0. The van der Waals surface area contributed by atoms with Gasteiger partial charge in [-0.2, -0.15) is 0 Å². The number of nitrogens with zero attached hydrogens (tertiary/aromatic N) is 1. The lowest BCUT2D eigenvalue weighted by molar-refractivity contribution is -0.142. The van der Waals surface area contributed by atoms with E-state index in [1.54, 1.807) is 0 Å². The maximum Gasteiger partial charge on any atom is 0.260 e. The number of carbonyl (C=O) groups excluding carboxylic acids is 1. The Kier molecular flexibility index (Phi) is 3.60. The molecule has 23 heavy (non-hydrogen) atoms. The summed E-state index contributed by atoms with van der Waals surface area (Å²) in [6.07, 6.45) is 4.82. The van der Waals surface area contributed by atoms with Gasteiger partial charge in [0, 0.05) is 30.1 Å². The first kappa shape index (κ1) is 15.0. The molecule has 124 valence electrons. The summed E-state index contributed by atoms with van der Waals surface area (Å²) in [6, 6.07) is 9.31. The number of likely N-dealkylation sites (tertiary alicyclic amines) is 1. The van der Waals surface area contributed by atoms with E-state index >= 15 is 0 Å². The van der Waals surface area contributed by atoms with Crippen LogP contribution in [0.25, 0.3) is 0 Å². The van der Waals surface area contributed by atoms with Crippen molar-refractivity contribution in [1.29, 1.82) is 0 Å². The summed E-state index contributed by atoms with van der Waals surface area (Å²) in [6.45, 7) is 5.40. The van der Waals surface area contributed by atoms with Crippen molar-refractivity contribution >= 4 is 5.91 Å². The van der Waals surface area contributed by atoms with Crippen LogP contribution in [0.2, 0.25) is 0 Å². The lowest BCUT2D eigenvalue weighted by atomic mass is 9.66. The standard InChI is InChI=1S/C19H26N2O2/c1-13-6-8-15(9-7-13)23-12-18(22)21-11-14-10-19(2)16(20-14)4-3-5-17(19)21/h6-9,14,16-17,20H,3-5,10-12H2,1-2H3/t14-,16-,17+,19-/m0/s1. The van der Waals surface area contributed by atoms with Crippen LogP contribution >= 0.6 is 0 Å². The zero-order valence-corrected chi connectivity index (χ0v) is 14.0. The predicted molar refractivity (Wildman–Crippen MR) is 89.5 cm³/mol. The van der Waals surface area contributed by atoms with Crippen molar-refractivity contribution in [1.82, 2.24) is 10.2 Å². The summed E-state index contributed by atoms with van der Waals surface area (Å²) in [4.78, 5) is 14.9. The molecule has 1 aromatic carbocycles. The van der Waals surface area contributed by atoms with Gasteiger partial charge in [0.25, 0.3) is 5.91 Å². The summed E-state index contributed by atoms with van der Waals surface area (Å²) < 4.78 is 5.73. The van der Waals surface area contributed by atoms with E-state index in [-0.39, 0.29) is 17.9 Å². The van der Waals surface area contributed by atoms with Gasteiger partial charge in [0.05, 0.1) is 0 Å². The Labute approximate surface area is 138 Å². The molecule has 4 nitrogen and oxygen atoms in total. The fourth-order valence-electron chi connectivity index (χ4n) is 4.97. The number of amides is 1. The first-order valence-corrected chi connectivity index (χ1v) is 8.81. The Balaban J connectivity index is 1.45. The topological polar surface area (TPSA) is 41.6 Å². The molecule has 2 heterocycles. The number of carbonyl (C=O) groups is 1. The van der Waals surface area contributed by atoms with Crippen LogP contribution in [0.4, 0.5) is 0 Å². The Morgan fingerprint density at radius 2 is 2.13 bits per heavy atom. The molecule has 0 spiro atoms. The SMILES string of the molecule is Cc1ccc(OCC(=O)N2C[C@@H]3C[C@@]4(C)[C@H](CCC[C@@H]24)N3)cc1. The predicted octanol–water partition coefficient (Wildman–Crippen LogP) is 2.51. The van der Waals surface area contributed by atoms with E-state index in [0.29, 0.717) is 18.1 Å². The van der Waals surface area contributed by atoms with Gasteiger partial charge in [-0.25, -0.2) is 0 Å². The molecule has 1 amide bonds. The number of aryl methyl sites for hydroxylation is 1. The molecule has 2 aliphatic heterocycles. The van der Waals surface area contributed by atoms with Gasteiger partial charge in [-0.05, 0) is 44.7 Å². The van der Waals surface area contributed by atoms with E-state index in [1.165, 1.54) is 24.8 Å². The molecule has 2 saturated heterocycles. The lowest BCUT2D eigenvalue weighted by Crippen LogP contribution is -2.58. The normalized spacial score (nSPS) is 35.2. The van der Waals surface area contributed by atoms with Crippen molar-refractivity contribution in [3.63, 3.8) is 0 Å². The molecule has 0 radical (unpaired) electrons. The summed E-state index contributed by atoms with van der Waals surface area (Å²) in [5.41, 5.74) is 1.45. The molecule has 1 aliphatic carbocycles. The molecule has 4 rings (SSSR count). The largest absolute Gasteiger partial charge is 0.484 e. The number of hydrogen-bond acceptors (Lipinski definition) is 3. The molecule has 3 fully saturated rings. The van der Waals surface area contributed by atoms with Crippen LogP contribution in [0, 0.1) is 12.3 Å². The first-order chi connectivity index (χ1) is 11.1. The highest BCUT2D eigenvalue weighted by atomic mass is 16.5. The molecule has 0 aromatic heterocycles. The Bertz CT molecular complexity index is 600. The monoisotopic (exact) mass is 314 g/mol. The molecule has 3 aliphatic rings. The van der Waals surface area contributed by atoms with Crippen molar-refractivity contribution in [3.05, 3.63) is 29.8 Å². The molecule has 4 atom stereocenters. The zero-order chi connectivity index (χ0) is 16.0. The number of fused-ring (bicyclic) bond motifs is 1. The average molecular weight is 314 g/mol. The molecule has 1 saturated carbocycles. The molecule has 1 aromatic rings. The first-order valence-electron chi connectivity index (χ1n) is 8.81. The fourth-order valence-corrected chi connectivity index (χ4v) is 4.97. The van der Waals surface area contributed by atoms with Crippen molar-refractivity contribution in [2.75, 3.05) is 13.2 Å². The van der Waals surface area contributed by atoms with Crippen molar-refractivity contribution in [2.24, 2.45) is 5.41 Å². The quantitative estimate of drug-likeness (QED) is 0.932. The highest BCUT2D eigenvalue weighted by Gasteiger charge is 2.56. The number of ether oxygens (including phenoxy) is 1. The van der Waals surface area contributed by atoms with Gasteiger partial charge >= 0.3 is 0 Å². The van der Waals surface area contributed by atoms with Gasteiger partial charge in [0.1, 0.15) is 5.75 Å². The van der Waals surface area contributed by atoms with Gasteiger partial charge < -0.3 is 15.0 Å². The molecular formula is C19H26N2O2. The van der Waals surface area contributed by atoms with Gasteiger partial charge in [-0.15, -0.1) is 0 Å². The average Bonchev–Trinajstić information content (AvgIpc) is 2.87. The van der Waals surface area contributed by atoms with Crippen LogP contribution in [0.15, 0.2) is 24.3 Å². The van der Waals surface area contributed by atoms with E-state index in [0.717, 1.165) is 18.7 Å². The number of piperidine rings is 1. The second kappa shape index (κ2) is 5.52. The smallest absolute Gasteiger partial charge is 0.260 e. The molecular weight excluding hydrogens is 288 g/mol. The minimum absolute atomic E-state index is 0.135. The number of benzene rings is 1. The summed E-state index contributed by atoms with van der Waals surface area (Å²) in [7, 11) is 0.